The molecule has 1 saturated carbocycles. The largest absolute Gasteiger partial charge is 0.343 e. The summed E-state index contributed by atoms with van der Waals surface area (Å²) >= 11 is 0. The molecule has 0 spiro atoms. The summed E-state index contributed by atoms with van der Waals surface area (Å²) in [5, 5.41) is 8.04. The van der Waals surface area contributed by atoms with E-state index < -0.39 is 0 Å². The molecule has 4 rings (SSSR count). The Kier molecular flexibility index (Phi) is 3.02. The van der Waals surface area contributed by atoms with Crippen molar-refractivity contribution in [3.8, 4) is 0 Å². The average Bonchev–Trinajstić information content (AvgIpc) is 2.99. The number of hydrogen-bond donors (Lipinski definition) is 0. The van der Waals surface area contributed by atoms with Gasteiger partial charge in [-0.1, -0.05) is 10.3 Å². The van der Waals surface area contributed by atoms with Gasteiger partial charge in [0, 0.05) is 12.5 Å². The van der Waals surface area contributed by atoms with Crippen LogP contribution in [0.4, 0.5) is 0 Å². The third-order valence-corrected chi connectivity index (χ3v) is 4.45. The monoisotopic (exact) mass is 289 g/mol. The molecular formula is C14H19N5O2. The minimum Gasteiger partial charge on any atom is -0.343 e. The summed E-state index contributed by atoms with van der Waals surface area (Å²) in [6.07, 6.45) is 5.94. The number of likely N-dealkylation sites (tertiary alicyclic amines) is 1. The third kappa shape index (κ3) is 2.57. The highest BCUT2D eigenvalue weighted by Gasteiger charge is 2.39. The molecular weight excluding hydrogens is 270 g/mol. The van der Waals surface area contributed by atoms with E-state index in [0.29, 0.717) is 12.5 Å². The van der Waals surface area contributed by atoms with Crippen LogP contribution in [0.25, 0.3) is 0 Å². The van der Waals surface area contributed by atoms with Gasteiger partial charge in [0.25, 0.3) is 0 Å². The second kappa shape index (κ2) is 4.91. The molecule has 7 nitrogen and oxygen atoms in total. The number of hydrogen-bond acceptors (Lipinski definition) is 7. The minimum absolute atomic E-state index is 0.0812. The Balaban J connectivity index is 1.49. The van der Waals surface area contributed by atoms with E-state index in [-0.39, 0.29) is 5.41 Å². The van der Waals surface area contributed by atoms with E-state index in [0.717, 1.165) is 43.5 Å². The van der Waals surface area contributed by atoms with Crippen LogP contribution in [0.15, 0.2) is 15.4 Å². The zero-order valence-electron chi connectivity index (χ0n) is 12.2. The highest BCUT2D eigenvalue weighted by Crippen LogP contribution is 2.40. The minimum atomic E-state index is -0.0812. The van der Waals surface area contributed by atoms with Crippen molar-refractivity contribution in [3.63, 3.8) is 0 Å². The number of nitrogens with zero attached hydrogens (tertiary/aromatic N) is 5. The fraction of sp³-hybridized carbons (Fsp3) is 0.714. The summed E-state index contributed by atoms with van der Waals surface area (Å²) in [4.78, 5) is 11.1. The normalized spacial score (nSPS) is 27.1. The summed E-state index contributed by atoms with van der Waals surface area (Å²) in [7, 11) is 0. The first-order valence-electron chi connectivity index (χ1n) is 7.55. The molecule has 3 heterocycles. The Morgan fingerprint density at radius 2 is 2.29 bits per heavy atom. The van der Waals surface area contributed by atoms with E-state index in [4.69, 9.17) is 9.05 Å². The molecule has 2 fully saturated rings. The molecule has 2 aromatic rings. The molecule has 0 unspecified atom stereocenters. The van der Waals surface area contributed by atoms with Gasteiger partial charge in [-0.2, -0.15) is 9.97 Å². The predicted molar refractivity (Wildman–Crippen MR) is 72.4 cm³/mol. The molecule has 1 atom stereocenters. The Hall–Kier alpha value is -1.76. The summed E-state index contributed by atoms with van der Waals surface area (Å²) in [6.45, 7) is 4.83. The number of piperidine rings is 1. The van der Waals surface area contributed by atoms with Crippen molar-refractivity contribution in [2.75, 3.05) is 13.1 Å². The zero-order valence-corrected chi connectivity index (χ0v) is 12.2. The van der Waals surface area contributed by atoms with Crippen LogP contribution in [0.5, 0.6) is 0 Å². The van der Waals surface area contributed by atoms with Gasteiger partial charge in [-0.05, 0) is 39.2 Å². The van der Waals surface area contributed by atoms with Gasteiger partial charge in [0.2, 0.25) is 12.3 Å². The van der Waals surface area contributed by atoms with Crippen molar-refractivity contribution >= 4 is 0 Å². The highest BCUT2D eigenvalue weighted by atomic mass is 16.5. The quantitative estimate of drug-likeness (QED) is 0.850. The standard InChI is InChI=1S/C14H19N5O2/c1-14(13-16-12(18-21-13)10-3-4-10)5-2-6-19(8-14)7-11-15-9-20-17-11/h9-10H,2-8H2,1H3/t14-/m1/s1. The lowest BCUT2D eigenvalue weighted by atomic mass is 9.81. The molecule has 0 bridgehead atoms. The van der Waals surface area contributed by atoms with Gasteiger partial charge in [-0.25, -0.2) is 0 Å². The number of rotatable bonds is 4. The van der Waals surface area contributed by atoms with Gasteiger partial charge >= 0.3 is 0 Å². The molecule has 1 aliphatic carbocycles. The summed E-state index contributed by atoms with van der Waals surface area (Å²) < 4.78 is 10.4. The van der Waals surface area contributed by atoms with Crippen LogP contribution in [-0.2, 0) is 12.0 Å². The molecule has 0 aromatic carbocycles. The maximum atomic E-state index is 5.55. The fourth-order valence-electron chi connectivity index (χ4n) is 3.10. The maximum absolute atomic E-state index is 5.55. The van der Waals surface area contributed by atoms with Gasteiger partial charge in [0.15, 0.2) is 11.6 Å². The highest BCUT2D eigenvalue weighted by molar-refractivity contribution is 5.10. The van der Waals surface area contributed by atoms with Crippen molar-refractivity contribution in [2.45, 2.75) is 50.5 Å². The smallest absolute Gasteiger partial charge is 0.233 e. The molecule has 0 radical (unpaired) electrons. The van der Waals surface area contributed by atoms with Crippen LogP contribution in [0, 0.1) is 0 Å². The SMILES string of the molecule is C[C@@]1(c2nc(C3CC3)no2)CCCN(Cc2ncon2)C1. The molecule has 7 heteroatoms. The molecule has 1 saturated heterocycles. The van der Waals surface area contributed by atoms with Crippen LogP contribution in [0.3, 0.4) is 0 Å². The number of aromatic nitrogens is 4. The van der Waals surface area contributed by atoms with Crippen molar-refractivity contribution < 1.29 is 9.05 Å². The molecule has 21 heavy (non-hydrogen) atoms. The van der Waals surface area contributed by atoms with E-state index >= 15 is 0 Å². The first kappa shape index (κ1) is 12.9. The van der Waals surface area contributed by atoms with Crippen LogP contribution in [0.1, 0.15) is 56.1 Å². The summed E-state index contributed by atoms with van der Waals surface area (Å²) in [6, 6.07) is 0. The van der Waals surface area contributed by atoms with Crippen molar-refractivity contribution in [1.29, 1.82) is 0 Å². The predicted octanol–water partition coefficient (Wildman–Crippen LogP) is 1.88. The Labute approximate surface area is 122 Å². The molecule has 2 aromatic heterocycles. The van der Waals surface area contributed by atoms with Crippen LogP contribution < -0.4 is 0 Å². The van der Waals surface area contributed by atoms with Gasteiger partial charge in [0.1, 0.15) is 0 Å². The summed E-state index contributed by atoms with van der Waals surface area (Å²) in [5.41, 5.74) is -0.0812. The fourth-order valence-corrected chi connectivity index (χ4v) is 3.10. The van der Waals surface area contributed by atoms with E-state index in [1.807, 2.05) is 0 Å². The Bertz CT molecular complexity index is 607. The van der Waals surface area contributed by atoms with E-state index in [9.17, 15) is 0 Å². The Morgan fingerprint density at radius 1 is 1.38 bits per heavy atom. The molecule has 0 N–H and O–H groups in total. The molecule has 2 aliphatic rings. The van der Waals surface area contributed by atoms with Crippen LogP contribution >= 0.6 is 0 Å². The summed E-state index contributed by atoms with van der Waals surface area (Å²) in [5.74, 6) is 2.93. The lowest BCUT2D eigenvalue weighted by molar-refractivity contribution is 0.121. The van der Waals surface area contributed by atoms with E-state index in [1.54, 1.807) is 0 Å². The van der Waals surface area contributed by atoms with Crippen molar-refractivity contribution in [3.05, 3.63) is 23.9 Å². The van der Waals surface area contributed by atoms with Crippen LogP contribution in [-0.4, -0.2) is 38.3 Å². The Morgan fingerprint density at radius 3 is 3.05 bits per heavy atom. The lowest BCUT2D eigenvalue weighted by Gasteiger charge is -2.37. The van der Waals surface area contributed by atoms with Gasteiger partial charge in [-0.15, -0.1) is 0 Å². The van der Waals surface area contributed by atoms with Gasteiger partial charge in [-0.3, -0.25) is 4.90 Å². The van der Waals surface area contributed by atoms with Gasteiger partial charge in [0.05, 0.1) is 12.0 Å². The third-order valence-electron chi connectivity index (χ3n) is 4.45. The lowest BCUT2D eigenvalue weighted by Crippen LogP contribution is -2.44. The van der Waals surface area contributed by atoms with Crippen molar-refractivity contribution in [2.24, 2.45) is 0 Å². The topological polar surface area (TPSA) is 81.1 Å². The molecule has 112 valence electrons. The second-order valence-corrected chi connectivity index (χ2v) is 6.45. The van der Waals surface area contributed by atoms with Crippen molar-refractivity contribution in [1.82, 2.24) is 25.2 Å². The first-order chi connectivity index (χ1) is 10.2. The molecule has 1 aliphatic heterocycles. The van der Waals surface area contributed by atoms with Gasteiger partial charge < -0.3 is 9.05 Å². The first-order valence-corrected chi connectivity index (χ1v) is 7.55. The van der Waals surface area contributed by atoms with E-state index in [2.05, 4.69) is 32.1 Å². The average molecular weight is 289 g/mol. The second-order valence-electron chi connectivity index (χ2n) is 6.45. The zero-order chi connectivity index (χ0) is 14.3. The van der Waals surface area contributed by atoms with E-state index in [1.165, 1.54) is 19.2 Å². The van der Waals surface area contributed by atoms with Crippen LogP contribution in [0.2, 0.25) is 0 Å². The maximum Gasteiger partial charge on any atom is 0.233 e. The molecule has 0 amide bonds.